The predicted octanol–water partition coefficient (Wildman–Crippen LogP) is 3.64. The molecule has 2 heterocycles. The summed E-state index contributed by atoms with van der Waals surface area (Å²) in [7, 11) is 0. The van der Waals surface area contributed by atoms with Crippen molar-refractivity contribution < 1.29 is 9.59 Å². The van der Waals surface area contributed by atoms with Crippen LogP contribution in [0.4, 0.5) is 0 Å². The molecule has 2 aromatic carbocycles. The number of aromatic nitrogens is 6. The van der Waals surface area contributed by atoms with Gasteiger partial charge in [-0.1, -0.05) is 31.7 Å². The first-order chi connectivity index (χ1) is 13.7. The first-order valence-corrected chi connectivity index (χ1v) is 9.77. The highest BCUT2D eigenvalue weighted by molar-refractivity contribution is 7.99. The number of hydrogen-bond donors (Lipinski definition) is 2. The van der Waals surface area contributed by atoms with E-state index in [4.69, 9.17) is 0 Å². The summed E-state index contributed by atoms with van der Waals surface area (Å²) >= 11 is 2.53. The molecule has 1 aliphatic rings. The maximum Gasteiger partial charge on any atom is 0.195 e. The number of carbonyl (C=O) groups is 2. The Bertz CT molecular complexity index is 1110. The van der Waals surface area contributed by atoms with Gasteiger partial charge in [0.2, 0.25) is 0 Å². The van der Waals surface area contributed by atoms with Crippen molar-refractivity contribution >= 4 is 35.1 Å². The van der Waals surface area contributed by atoms with Crippen LogP contribution in [-0.2, 0) is 0 Å². The minimum atomic E-state index is -0.188. The number of nitrogens with one attached hydrogen (secondary N) is 2. The molecule has 0 unspecified atom stereocenters. The summed E-state index contributed by atoms with van der Waals surface area (Å²) < 4.78 is 0. The highest BCUT2D eigenvalue weighted by Crippen LogP contribution is 2.39. The van der Waals surface area contributed by atoms with Crippen LogP contribution >= 0.6 is 23.5 Å². The standard InChI is InChI=1S/C18H10N6O2S2.CH4/c25-15-9-3-1-5-11(27-17-19-7-21-23-17)13(9)16(26)10-4-2-6-12(14(10)15)28-18-20-8-22-24-18;/h1-8H,(H,19,21,23)(H,20,22,24);1H4. The molecule has 8 nitrogen and oxygen atoms in total. The second kappa shape index (κ2) is 7.64. The average molecular weight is 422 g/mol. The summed E-state index contributed by atoms with van der Waals surface area (Å²) in [5.74, 6) is -0.375. The molecule has 10 heteroatoms. The molecule has 0 fully saturated rings. The molecule has 0 aliphatic heterocycles. The van der Waals surface area contributed by atoms with E-state index in [0.29, 0.717) is 42.4 Å². The van der Waals surface area contributed by atoms with Crippen LogP contribution in [-0.4, -0.2) is 41.9 Å². The fraction of sp³-hybridized carbons (Fsp3) is 0.0526. The van der Waals surface area contributed by atoms with E-state index < -0.39 is 0 Å². The van der Waals surface area contributed by atoms with Gasteiger partial charge in [0.25, 0.3) is 0 Å². The van der Waals surface area contributed by atoms with Crippen molar-refractivity contribution in [2.45, 2.75) is 27.5 Å². The zero-order chi connectivity index (χ0) is 19.1. The van der Waals surface area contributed by atoms with Crippen molar-refractivity contribution in [1.82, 2.24) is 30.4 Å². The van der Waals surface area contributed by atoms with Crippen LogP contribution < -0.4 is 0 Å². The van der Waals surface area contributed by atoms with Gasteiger partial charge in [0.15, 0.2) is 21.9 Å². The molecule has 0 saturated heterocycles. The lowest BCUT2D eigenvalue weighted by atomic mass is 9.84. The number of nitrogens with zero attached hydrogens (tertiary/aromatic N) is 4. The number of H-pyrrole nitrogens is 2. The number of ketones is 2. The molecule has 0 atom stereocenters. The molecule has 2 aromatic heterocycles. The third-order valence-corrected chi connectivity index (χ3v) is 6.10. The Labute approximate surface area is 174 Å². The molecule has 144 valence electrons. The van der Waals surface area contributed by atoms with Gasteiger partial charge in [-0.2, -0.15) is 10.2 Å². The molecule has 29 heavy (non-hydrogen) atoms. The van der Waals surface area contributed by atoms with Crippen LogP contribution in [0.25, 0.3) is 0 Å². The summed E-state index contributed by atoms with van der Waals surface area (Å²) in [4.78, 5) is 36.1. The van der Waals surface area contributed by atoms with Gasteiger partial charge in [0.05, 0.1) is 0 Å². The van der Waals surface area contributed by atoms with Gasteiger partial charge in [-0.3, -0.25) is 19.8 Å². The second-order valence-corrected chi connectivity index (χ2v) is 7.86. The van der Waals surface area contributed by atoms with Crippen LogP contribution in [0.1, 0.15) is 39.3 Å². The number of aromatic amines is 2. The SMILES string of the molecule is C.O=C1c2cccc(Sc3ncn[nH]3)c2C(=O)c2cccc(Sc3ncn[nH]3)c21. The van der Waals surface area contributed by atoms with E-state index in [2.05, 4.69) is 30.4 Å². The van der Waals surface area contributed by atoms with Gasteiger partial charge in [0, 0.05) is 32.0 Å². The molecule has 4 aromatic rings. The van der Waals surface area contributed by atoms with Crippen LogP contribution in [0.3, 0.4) is 0 Å². The average Bonchev–Trinajstić information content (AvgIpc) is 3.40. The zero-order valence-corrected chi connectivity index (χ0v) is 15.7. The summed E-state index contributed by atoms with van der Waals surface area (Å²) in [6.07, 6.45) is 2.79. The topological polar surface area (TPSA) is 117 Å². The minimum Gasteiger partial charge on any atom is -0.289 e. The summed E-state index contributed by atoms with van der Waals surface area (Å²) in [5, 5.41) is 14.3. The van der Waals surface area contributed by atoms with E-state index in [1.165, 1.54) is 36.2 Å². The Balaban J connectivity index is 0.00000205. The van der Waals surface area contributed by atoms with Crippen LogP contribution in [0.5, 0.6) is 0 Å². The molecular weight excluding hydrogens is 408 g/mol. The van der Waals surface area contributed by atoms with E-state index in [9.17, 15) is 9.59 Å². The highest BCUT2D eigenvalue weighted by atomic mass is 32.2. The zero-order valence-electron chi connectivity index (χ0n) is 14.0. The lowest BCUT2D eigenvalue weighted by Gasteiger charge is -2.21. The first kappa shape index (κ1) is 19.1. The second-order valence-electron chi connectivity index (χ2n) is 5.80. The Hall–Kier alpha value is -3.24. The third kappa shape index (κ3) is 3.26. The third-order valence-electron chi connectivity index (χ3n) is 4.19. The minimum absolute atomic E-state index is 0. The van der Waals surface area contributed by atoms with Crippen LogP contribution in [0.2, 0.25) is 0 Å². The number of benzene rings is 2. The summed E-state index contributed by atoms with van der Waals surface area (Å²) in [6, 6.07) is 10.5. The van der Waals surface area contributed by atoms with Crippen molar-refractivity contribution in [3.63, 3.8) is 0 Å². The number of fused-ring (bicyclic) bond motifs is 2. The Kier molecular flexibility index (Phi) is 5.03. The fourth-order valence-corrected chi connectivity index (χ4v) is 4.76. The fourth-order valence-electron chi connectivity index (χ4n) is 3.04. The molecule has 0 radical (unpaired) electrons. The van der Waals surface area contributed by atoms with Gasteiger partial charge >= 0.3 is 0 Å². The van der Waals surface area contributed by atoms with Crippen molar-refractivity contribution in [3.05, 3.63) is 71.3 Å². The van der Waals surface area contributed by atoms with Crippen LogP contribution in [0.15, 0.2) is 69.2 Å². The molecular formula is C19H14N6O2S2. The number of rotatable bonds is 4. The van der Waals surface area contributed by atoms with E-state index >= 15 is 0 Å². The monoisotopic (exact) mass is 422 g/mol. The van der Waals surface area contributed by atoms with Gasteiger partial charge in [-0.15, -0.1) is 0 Å². The van der Waals surface area contributed by atoms with Gasteiger partial charge < -0.3 is 0 Å². The predicted molar refractivity (Wildman–Crippen MR) is 107 cm³/mol. The molecule has 0 spiro atoms. The molecule has 0 amide bonds. The van der Waals surface area contributed by atoms with Gasteiger partial charge in [-0.25, -0.2) is 9.97 Å². The Morgan fingerprint density at radius 2 is 1.14 bits per heavy atom. The molecule has 2 N–H and O–H groups in total. The van der Waals surface area contributed by atoms with Gasteiger partial charge in [-0.05, 0) is 35.7 Å². The van der Waals surface area contributed by atoms with Crippen molar-refractivity contribution in [1.29, 1.82) is 0 Å². The largest absolute Gasteiger partial charge is 0.289 e. The lowest BCUT2D eigenvalue weighted by Crippen LogP contribution is -2.22. The lowest BCUT2D eigenvalue weighted by molar-refractivity contribution is 0.0974. The van der Waals surface area contributed by atoms with Crippen LogP contribution in [0, 0.1) is 0 Å². The smallest absolute Gasteiger partial charge is 0.195 e. The van der Waals surface area contributed by atoms with Crippen molar-refractivity contribution in [2.24, 2.45) is 0 Å². The molecule has 0 saturated carbocycles. The van der Waals surface area contributed by atoms with E-state index in [1.807, 2.05) is 0 Å². The number of hydrogen-bond acceptors (Lipinski definition) is 8. The van der Waals surface area contributed by atoms with Crippen molar-refractivity contribution in [2.75, 3.05) is 0 Å². The highest BCUT2D eigenvalue weighted by Gasteiger charge is 2.34. The number of carbonyl (C=O) groups excluding carboxylic acids is 2. The summed E-state index contributed by atoms with van der Waals surface area (Å²) in [6.45, 7) is 0. The van der Waals surface area contributed by atoms with E-state index in [1.54, 1.807) is 36.4 Å². The van der Waals surface area contributed by atoms with Crippen molar-refractivity contribution in [3.8, 4) is 0 Å². The first-order valence-electron chi connectivity index (χ1n) is 8.14. The van der Waals surface area contributed by atoms with E-state index in [-0.39, 0.29) is 19.0 Å². The Morgan fingerprint density at radius 1 is 0.690 bits per heavy atom. The molecule has 5 rings (SSSR count). The molecule has 1 aliphatic carbocycles. The van der Waals surface area contributed by atoms with E-state index in [0.717, 1.165) is 0 Å². The van der Waals surface area contributed by atoms with Gasteiger partial charge in [0.1, 0.15) is 12.7 Å². The normalized spacial score (nSPS) is 12.3. The molecule has 0 bridgehead atoms. The maximum atomic E-state index is 13.3. The summed E-state index contributed by atoms with van der Waals surface area (Å²) in [5.41, 5.74) is 1.55. The maximum absolute atomic E-state index is 13.3. The quantitative estimate of drug-likeness (QED) is 0.451. The Morgan fingerprint density at radius 3 is 1.52 bits per heavy atom.